The van der Waals surface area contributed by atoms with Crippen molar-refractivity contribution in [1.29, 1.82) is 0 Å². The summed E-state index contributed by atoms with van der Waals surface area (Å²) in [5.41, 5.74) is 2.57. The molecule has 1 heterocycles. The Bertz CT molecular complexity index is 378. The SMILES string of the molecule is Cc1cc(Cl)ccc1CNCCN1CCOCC1. The summed E-state index contributed by atoms with van der Waals surface area (Å²) in [5.74, 6) is 0. The molecule has 0 radical (unpaired) electrons. The molecule has 1 aromatic carbocycles. The summed E-state index contributed by atoms with van der Waals surface area (Å²) in [5, 5.41) is 4.29. The lowest BCUT2D eigenvalue weighted by Gasteiger charge is -2.26. The third kappa shape index (κ3) is 4.25. The molecule has 1 fully saturated rings. The van der Waals surface area contributed by atoms with Gasteiger partial charge in [0, 0.05) is 37.7 Å². The van der Waals surface area contributed by atoms with Gasteiger partial charge in [0.05, 0.1) is 13.2 Å². The summed E-state index contributed by atoms with van der Waals surface area (Å²) in [6.45, 7) is 8.98. The third-order valence-corrected chi connectivity index (χ3v) is 3.56. The molecule has 3 nitrogen and oxygen atoms in total. The Hall–Kier alpha value is -0.610. The lowest BCUT2D eigenvalue weighted by Crippen LogP contribution is -2.40. The Balaban J connectivity index is 1.68. The highest BCUT2D eigenvalue weighted by Crippen LogP contribution is 2.14. The fourth-order valence-corrected chi connectivity index (χ4v) is 2.37. The lowest BCUT2D eigenvalue weighted by atomic mass is 10.1. The topological polar surface area (TPSA) is 24.5 Å². The summed E-state index contributed by atoms with van der Waals surface area (Å²) >= 11 is 5.94. The smallest absolute Gasteiger partial charge is 0.0594 e. The number of hydrogen-bond acceptors (Lipinski definition) is 3. The summed E-state index contributed by atoms with van der Waals surface area (Å²) in [6, 6.07) is 6.06. The molecule has 1 N–H and O–H groups in total. The number of ether oxygens (including phenoxy) is 1. The Morgan fingerprint density at radius 2 is 2.11 bits per heavy atom. The second-order valence-corrected chi connectivity index (χ2v) is 5.14. The monoisotopic (exact) mass is 268 g/mol. The zero-order chi connectivity index (χ0) is 12.8. The predicted molar refractivity (Wildman–Crippen MR) is 75.2 cm³/mol. The minimum atomic E-state index is 0.810. The number of morpholine rings is 1. The van der Waals surface area contributed by atoms with E-state index in [1.165, 1.54) is 11.1 Å². The fraction of sp³-hybridized carbons (Fsp3) is 0.571. The zero-order valence-electron chi connectivity index (χ0n) is 10.9. The van der Waals surface area contributed by atoms with Crippen molar-refractivity contribution >= 4 is 11.6 Å². The van der Waals surface area contributed by atoms with Crippen LogP contribution in [0.4, 0.5) is 0 Å². The van der Waals surface area contributed by atoms with E-state index in [9.17, 15) is 0 Å². The summed E-state index contributed by atoms with van der Waals surface area (Å²) in [7, 11) is 0. The Labute approximate surface area is 114 Å². The number of nitrogens with one attached hydrogen (secondary N) is 1. The zero-order valence-corrected chi connectivity index (χ0v) is 11.7. The highest BCUT2D eigenvalue weighted by molar-refractivity contribution is 6.30. The van der Waals surface area contributed by atoms with E-state index < -0.39 is 0 Å². The van der Waals surface area contributed by atoms with Gasteiger partial charge in [0.2, 0.25) is 0 Å². The predicted octanol–water partition coefficient (Wildman–Crippen LogP) is 2.07. The van der Waals surface area contributed by atoms with Crippen molar-refractivity contribution in [2.75, 3.05) is 39.4 Å². The molecule has 0 unspecified atom stereocenters. The van der Waals surface area contributed by atoms with E-state index in [1.54, 1.807) is 0 Å². The first-order chi connectivity index (χ1) is 8.75. The largest absolute Gasteiger partial charge is 0.379 e. The average Bonchev–Trinajstić information content (AvgIpc) is 2.38. The van der Waals surface area contributed by atoms with Crippen LogP contribution >= 0.6 is 11.6 Å². The minimum absolute atomic E-state index is 0.810. The van der Waals surface area contributed by atoms with E-state index in [1.807, 2.05) is 12.1 Å². The van der Waals surface area contributed by atoms with Crippen molar-refractivity contribution in [3.63, 3.8) is 0 Å². The summed E-state index contributed by atoms with van der Waals surface area (Å²) in [4.78, 5) is 2.44. The summed E-state index contributed by atoms with van der Waals surface area (Å²) in [6.07, 6.45) is 0. The van der Waals surface area contributed by atoms with Crippen molar-refractivity contribution in [2.45, 2.75) is 13.5 Å². The number of benzene rings is 1. The highest BCUT2D eigenvalue weighted by atomic mass is 35.5. The van der Waals surface area contributed by atoms with E-state index in [0.717, 1.165) is 51.0 Å². The van der Waals surface area contributed by atoms with E-state index in [0.29, 0.717) is 0 Å². The van der Waals surface area contributed by atoms with Gasteiger partial charge in [0.25, 0.3) is 0 Å². The van der Waals surface area contributed by atoms with E-state index in [-0.39, 0.29) is 0 Å². The number of hydrogen-bond donors (Lipinski definition) is 1. The molecule has 1 aliphatic heterocycles. The van der Waals surface area contributed by atoms with Crippen LogP contribution in [-0.2, 0) is 11.3 Å². The molecule has 0 amide bonds. The average molecular weight is 269 g/mol. The van der Waals surface area contributed by atoms with Crippen LogP contribution in [0.2, 0.25) is 5.02 Å². The van der Waals surface area contributed by atoms with Crippen LogP contribution in [0.3, 0.4) is 0 Å². The van der Waals surface area contributed by atoms with E-state index in [2.05, 4.69) is 23.2 Å². The van der Waals surface area contributed by atoms with Crippen LogP contribution in [0.25, 0.3) is 0 Å². The Morgan fingerprint density at radius 3 is 2.83 bits per heavy atom. The molecule has 1 aliphatic rings. The molecule has 2 rings (SSSR count). The number of halogens is 1. The Kier molecular flexibility index (Phi) is 5.45. The quantitative estimate of drug-likeness (QED) is 0.828. The lowest BCUT2D eigenvalue weighted by molar-refractivity contribution is 0.0384. The van der Waals surface area contributed by atoms with Gasteiger partial charge in [-0.2, -0.15) is 0 Å². The van der Waals surface area contributed by atoms with Gasteiger partial charge in [-0.15, -0.1) is 0 Å². The maximum absolute atomic E-state index is 5.94. The molecular weight excluding hydrogens is 248 g/mol. The first-order valence-corrected chi connectivity index (χ1v) is 6.89. The fourth-order valence-electron chi connectivity index (χ4n) is 2.14. The van der Waals surface area contributed by atoms with Gasteiger partial charge in [-0.3, -0.25) is 4.90 Å². The van der Waals surface area contributed by atoms with Crippen LogP contribution in [0.1, 0.15) is 11.1 Å². The number of nitrogens with zero attached hydrogens (tertiary/aromatic N) is 1. The Morgan fingerprint density at radius 1 is 1.33 bits per heavy atom. The molecule has 0 atom stereocenters. The minimum Gasteiger partial charge on any atom is -0.379 e. The molecule has 0 aliphatic carbocycles. The van der Waals surface area contributed by atoms with Crippen LogP contribution < -0.4 is 5.32 Å². The van der Waals surface area contributed by atoms with Crippen LogP contribution in [-0.4, -0.2) is 44.3 Å². The van der Waals surface area contributed by atoms with Crippen LogP contribution in [0.15, 0.2) is 18.2 Å². The molecule has 18 heavy (non-hydrogen) atoms. The highest BCUT2D eigenvalue weighted by Gasteiger charge is 2.09. The standard InChI is InChI=1S/C14H21ClN2O/c1-12-10-14(15)3-2-13(12)11-16-4-5-17-6-8-18-9-7-17/h2-3,10,16H,4-9,11H2,1H3. The maximum Gasteiger partial charge on any atom is 0.0594 e. The van der Waals surface area contributed by atoms with Gasteiger partial charge in [0.15, 0.2) is 0 Å². The molecular formula is C14H21ClN2O. The third-order valence-electron chi connectivity index (χ3n) is 3.33. The molecule has 0 saturated carbocycles. The molecule has 1 aromatic rings. The number of aryl methyl sites for hydroxylation is 1. The molecule has 1 saturated heterocycles. The molecule has 4 heteroatoms. The van der Waals surface area contributed by atoms with Crippen molar-refractivity contribution in [3.05, 3.63) is 34.3 Å². The normalized spacial score (nSPS) is 17.0. The van der Waals surface area contributed by atoms with E-state index >= 15 is 0 Å². The first kappa shape index (κ1) is 13.8. The van der Waals surface area contributed by atoms with Crippen molar-refractivity contribution in [1.82, 2.24) is 10.2 Å². The van der Waals surface area contributed by atoms with E-state index in [4.69, 9.17) is 16.3 Å². The van der Waals surface area contributed by atoms with Gasteiger partial charge in [-0.05, 0) is 30.2 Å². The molecule has 0 bridgehead atoms. The molecule has 100 valence electrons. The van der Waals surface area contributed by atoms with Gasteiger partial charge >= 0.3 is 0 Å². The van der Waals surface area contributed by atoms with Crippen molar-refractivity contribution < 1.29 is 4.74 Å². The molecule has 0 aromatic heterocycles. The van der Waals surface area contributed by atoms with Gasteiger partial charge in [0.1, 0.15) is 0 Å². The van der Waals surface area contributed by atoms with Gasteiger partial charge in [-0.1, -0.05) is 17.7 Å². The van der Waals surface area contributed by atoms with Crippen molar-refractivity contribution in [3.8, 4) is 0 Å². The second-order valence-electron chi connectivity index (χ2n) is 4.70. The maximum atomic E-state index is 5.94. The molecule has 0 spiro atoms. The summed E-state index contributed by atoms with van der Waals surface area (Å²) < 4.78 is 5.33. The second kappa shape index (κ2) is 7.10. The van der Waals surface area contributed by atoms with Gasteiger partial charge in [-0.25, -0.2) is 0 Å². The first-order valence-electron chi connectivity index (χ1n) is 6.51. The van der Waals surface area contributed by atoms with Crippen LogP contribution in [0.5, 0.6) is 0 Å². The van der Waals surface area contributed by atoms with Gasteiger partial charge < -0.3 is 10.1 Å². The number of rotatable bonds is 5. The van der Waals surface area contributed by atoms with Crippen LogP contribution in [0, 0.1) is 6.92 Å². The van der Waals surface area contributed by atoms with Crippen molar-refractivity contribution in [2.24, 2.45) is 0 Å².